The Morgan fingerprint density at radius 3 is 2.36 bits per heavy atom. The Morgan fingerprint density at radius 1 is 1.04 bits per heavy atom. The highest BCUT2D eigenvalue weighted by Crippen LogP contribution is 2.17. The summed E-state index contributed by atoms with van der Waals surface area (Å²) < 4.78 is 0. The summed E-state index contributed by atoms with van der Waals surface area (Å²) in [6.45, 7) is 7.11. The lowest BCUT2D eigenvalue weighted by atomic mass is 10.1. The summed E-state index contributed by atoms with van der Waals surface area (Å²) in [6, 6.07) is 11.2. The first-order chi connectivity index (χ1) is 13.6. The molecule has 1 saturated heterocycles. The highest BCUT2D eigenvalue weighted by Gasteiger charge is 2.21. The Labute approximate surface area is 166 Å². The molecule has 3 rings (SSSR count). The zero-order valence-electron chi connectivity index (χ0n) is 16.6. The third-order valence-corrected chi connectivity index (χ3v) is 5.02. The van der Waals surface area contributed by atoms with Crippen molar-refractivity contribution in [2.24, 2.45) is 0 Å². The normalized spacial score (nSPS) is 14.1. The van der Waals surface area contributed by atoms with Gasteiger partial charge in [-0.15, -0.1) is 0 Å². The summed E-state index contributed by atoms with van der Waals surface area (Å²) in [5.41, 5.74) is 2.41. The highest BCUT2D eigenvalue weighted by atomic mass is 16.2. The molecule has 1 aromatic heterocycles. The van der Waals surface area contributed by atoms with Crippen LogP contribution in [0.25, 0.3) is 0 Å². The summed E-state index contributed by atoms with van der Waals surface area (Å²) >= 11 is 0. The highest BCUT2D eigenvalue weighted by molar-refractivity contribution is 6.04. The van der Waals surface area contributed by atoms with Crippen molar-refractivity contribution in [2.45, 2.75) is 33.1 Å². The number of unbranched alkanes of at least 4 members (excludes halogenated alkanes) is 1. The zero-order chi connectivity index (χ0) is 19.9. The van der Waals surface area contributed by atoms with Crippen LogP contribution in [-0.2, 0) is 4.79 Å². The van der Waals surface area contributed by atoms with E-state index in [0.717, 1.165) is 50.4 Å². The van der Waals surface area contributed by atoms with Gasteiger partial charge < -0.3 is 15.1 Å². The van der Waals surface area contributed by atoms with Crippen LogP contribution in [0.1, 0.15) is 42.1 Å². The number of rotatable bonds is 6. The largest absolute Gasteiger partial charge is 0.353 e. The average molecular weight is 380 g/mol. The maximum Gasteiger partial charge on any atom is 0.255 e. The summed E-state index contributed by atoms with van der Waals surface area (Å²) in [4.78, 5) is 33.0. The number of hydrogen-bond acceptors (Lipinski definition) is 4. The third-order valence-electron chi connectivity index (χ3n) is 5.02. The van der Waals surface area contributed by atoms with Gasteiger partial charge in [0.25, 0.3) is 5.91 Å². The first-order valence-corrected chi connectivity index (χ1v) is 9.93. The number of carbonyl (C=O) groups excluding carboxylic acids is 2. The minimum Gasteiger partial charge on any atom is -0.353 e. The molecule has 0 unspecified atom stereocenters. The average Bonchev–Trinajstić information content (AvgIpc) is 2.73. The fraction of sp³-hybridized carbons (Fsp3) is 0.409. The van der Waals surface area contributed by atoms with E-state index in [0.29, 0.717) is 17.7 Å². The van der Waals surface area contributed by atoms with Crippen LogP contribution < -0.4 is 10.2 Å². The SMILES string of the molecule is CCCCC(=O)N1CCN(c2ccc(NC(=O)c3ccc(C)cc3)cn2)CC1. The number of carbonyl (C=O) groups is 2. The van der Waals surface area contributed by atoms with Gasteiger partial charge >= 0.3 is 0 Å². The molecule has 2 heterocycles. The summed E-state index contributed by atoms with van der Waals surface area (Å²) in [7, 11) is 0. The van der Waals surface area contributed by atoms with E-state index in [9.17, 15) is 9.59 Å². The molecule has 0 radical (unpaired) electrons. The van der Waals surface area contributed by atoms with Crippen LogP contribution in [0.4, 0.5) is 11.5 Å². The van der Waals surface area contributed by atoms with Crippen LogP contribution >= 0.6 is 0 Å². The number of aryl methyl sites for hydroxylation is 1. The van der Waals surface area contributed by atoms with Gasteiger partial charge in [-0.25, -0.2) is 4.98 Å². The van der Waals surface area contributed by atoms with E-state index in [1.54, 1.807) is 6.20 Å². The van der Waals surface area contributed by atoms with Gasteiger partial charge in [0.1, 0.15) is 5.82 Å². The summed E-state index contributed by atoms with van der Waals surface area (Å²) in [6.07, 6.45) is 4.32. The van der Waals surface area contributed by atoms with E-state index < -0.39 is 0 Å². The molecule has 2 amide bonds. The predicted octanol–water partition coefficient (Wildman–Crippen LogP) is 3.48. The quantitative estimate of drug-likeness (QED) is 0.833. The zero-order valence-corrected chi connectivity index (χ0v) is 16.6. The second kappa shape index (κ2) is 9.35. The lowest BCUT2D eigenvalue weighted by molar-refractivity contribution is -0.131. The van der Waals surface area contributed by atoms with Gasteiger partial charge in [0.15, 0.2) is 0 Å². The molecule has 0 saturated carbocycles. The second-order valence-electron chi connectivity index (χ2n) is 7.20. The number of hydrogen-bond donors (Lipinski definition) is 1. The standard InChI is InChI=1S/C22H28N4O2/c1-3-4-5-21(27)26-14-12-25(13-15-26)20-11-10-19(16-23-20)24-22(28)18-8-6-17(2)7-9-18/h6-11,16H,3-5,12-15H2,1-2H3,(H,24,28). The molecule has 28 heavy (non-hydrogen) atoms. The Morgan fingerprint density at radius 2 is 1.75 bits per heavy atom. The monoisotopic (exact) mass is 380 g/mol. The van der Waals surface area contributed by atoms with Crippen LogP contribution in [0.2, 0.25) is 0 Å². The molecule has 6 heteroatoms. The van der Waals surface area contributed by atoms with Crippen molar-refractivity contribution in [3.63, 3.8) is 0 Å². The lowest BCUT2D eigenvalue weighted by Crippen LogP contribution is -2.49. The lowest BCUT2D eigenvalue weighted by Gasteiger charge is -2.35. The van der Waals surface area contributed by atoms with E-state index >= 15 is 0 Å². The Hall–Kier alpha value is -2.89. The first kappa shape index (κ1) is 19.9. The fourth-order valence-corrected chi connectivity index (χ4v) is 3.23. The topological polar surface area (TPSA) is 65.5 Å². The molecule has 1 N–H and O–H groups in total. The number of nitrogens with zero attached hydrogens (tertiary/aromatic N) is 3. The van der Waals surface area contributed by atoms with Crippen molar-refractivity contribution in [2.75, 3.05) is 36.4 Å². The number of pyridine rings is 1. The number of amides is 2. The van der Waals surface area contributed by atoms with E-state index in [2.05, 4.69) is 22.1 Å². The summed E-state index contributed by atoms with van der Waals surface area (Å²) in [5.74, 6) is 0.978. The van der Waals surface area contributed by atoms with Gasteiger partial charge in [-0.2, -0.15) is 0 Å². The van der Waals surface area contributed by atoms with Crippen LogP contribution in [0.3, 0.4) is 0 Å². The maximum atomic E-state index is 12.3. The smallest absolute Gasteiger partial charge is 0.255 e. The fourth-order valence-electron chi connectivity index (χ4n) is 3.23. The van der Waals surface area contributed by atoms with Crippen LogP contribution in [0.5, 0.6) is 0 Å². The third kappa shape index (κ3) is 5.09. The number of benzene rings is 1. The van der Waals surface area contributed by atoms with Crippen molar-refractivity contribution in [3.05, 3.63) is 53.7 Å². The first-order valence-electron chi connectivity index (χ1n) is 9.93. The summed E-state index contributed by atoms with van der Waals surface area (Å²) in [5, 5.41) is 2.88. The number of anilines is 2. The van der Waals surface area contributed by atoms with Crippen molar-refractivity contribution in [1.82, 2.24) is 9.88 Å². The molecule has 0 atom stereocenters. The molecule has 1 fully saturated rings. The Kier molecular flexibility index (Phi) is 6.63. The molecule has 6 nitrogen and oxygen atoms in total. The molecule has 0 bridgehead atoms. The van der Waals surface area contributed by atoms with Crippen molar-refractivity contribution in [1.29, 1.82) is 0 Å². The molecule has 148 valence electrons. The number of aromatic nitrogens is 1. The van der Waals surface area contributed by atoms with E-state index in [4.69, 9.17) is 0 Å². The molecule has 1 aromatic carbocycles. The number of nitrogens with one attached hydrogen (secondary N) is 1. The Bertz CT molecular complexity index is 794. The molecule has 1 aliphatic heterocycles. The van der Waals surface area contributed by atoms with Gasteiger partial charge in [-0.3, -0.25) is 9.59 Å². The Balaban J connectivity index is 1.53. The maximum absolute atomic E-state index is 12.3. The van der Waals surface area contributed by atoms with Crippen LogP contribution in [-0.4, -0.2) is 47.9 Å². The minimum atomic E-state index is -0.145. The van der Waals surface area contributed by atoms with E-state index in [-0.39, 0.29) is 11.8 Å². The molecule has 1 aliphatic rings. The van der Waals surface area contributed by atoms with Gasteiger partial charge in [0, 0.05) is 38.2 Å². The van der Waals surface area contributed by atoms with Gasteiger partial charge in [0.05, 0.1) is 11.9 Å². The van der Waals surface area contributed by atoms with Gasteiger partial charge in [0.2, 0.25) is 5.91 Å². The molecule has 2 aromatic rings. The predicted molar refractivity (Wildman–Crippen MR) is 112 cm³/mol. The van der Waals surface area contributed by atoms with Crippen molar-refractivity contribution in [3.8, 4) is 0 Å². The van der Waals surface area contributed by atoms with E-state index in [1.807, 2.05) is 48.2 Å². The van der Waals surface area contributed by atoms with E-state index in [1.165, 1.54) is 0 Å². The number of piperazine rings is 1. The molecule has 0 aliphatic carbocycles. The molecular formula is C22H28N4O2. The van der Waals surface area contributed by atoms with Crippen LogP contribution in [0, 0.1) is 6.92 Å². The molecular weight excluding hydrogens is 352 g/mol. The minimum absolute atomic E-state index is 0.145. The van der Waals surface area contributed by atoms with Gasteiger partial charge in [-0.05, 0) is 37.6 Å². The van der Waals surface area contributed by atoms with Crippen LogP contribution in [0.15, 0.2) is 42.6 Å². The molecule has 0 spiro atoms. The van der Waals surface area contributed by atoms with Gasteiger partial charge in [-0.1, -0.05) is 31.0 Å². The van der Waals surface area contributed by atoms with Crippen molar-refractivity contribution >= 4 is 23.3 Å². The van der Waals surface area contributed by atoms with Crippen molar-refractivity contribution < 1.29 is 9.59 Å². The second-order valence-corrected chi connectivity index (χ2v) is 7.20.